The molecule has 3 heteroatoms. The molecule has 0 saturated carbocycles. The number of nitrogens with one attached hydrogen (secondary N) is 1. The Bertz CT molecular complexity index is 401. The zero-order valence-electron chi connectivity index (χ0n) is 8.23. The van der Waals surface area contributed by atoms with Crippen LogP contribution in [0.1, 0.15) is 24.0 Å². The topological polar surface area (TPSA) is 29.1 Å². The molecule has 1 heterocycles. The molecular weight excluding hydrogens is 242 g/mol. The molecule has 0 saturated heterocycles. The average molecular weight is 254 g/mol. The highest BCUT2D eigenvalue weighted by Gasteiger charge is 2.27. The standard InChI is InChI=1S/C11H12BrNO/c1-6-3-8(12)4-9-10(7(2)14)5-13-11(6)9/h3-4,10,13H,5H2,1-2H3. The van der Waals surface area contributed by atoms with Crippen molar-refractivity contribution < 1.29 is 4.79 Å². The molecular formula is C11H12BrNO. The number of anilines is 1. The van der Waals surface area contributed by atoms with Crippen molar-refractivity contribution in [3.63, 3.8) is 0 Å². The van der Waals surface area contributed by atoms with Crippen molar-refractivity contribution in [1.82, 2.24) is 0 Å². The van der Waals surface area contributed by atoms with Gasteiger partial charge in [-0.2, -0.15) is 0 Å². The normalized spacial score (nSPS) is 18.9. The Morgan fingerprint density at radius 1 is 1.57 bits per heavy atom. The lowest BCUT2D eigenvalue weighted by Crippen LogP contribution is -2.10. The number of benzene rings is 1. The summed E-state index contributed by atoms with van der Waals surface area (Å²) in [7, 11) is 0. The number of ketones is 1. The lowest BCUT2D eigenvalue weighted by Gasteiger charge is -2.07. The molecule has 0 amide bonds. The van der Waals surface area contributed by atoms with Crippen LogP contribution in [0, 0.1) is 6.92 Å². The summed E-state index contributed by atoms with van der Waals surface area (Å²) in [6.45, 7) is 4.44. The molecule has 74 valence electrons. The van der Waals surface area contributed by atoms with E-state index in [-0.39, 0.29) is 11.7 Å². The highest BCUT2D eigenvalue weighted by atomic mass is 79.9. The van der Waals surface area contributed by atoms with Gasteiger partial charge in [-0.15, -0.1) is 0 Å². The van der Waals surface area contributed by atoms with E-state index in [9.17, 15) is 4.79 Å². The molecule has 0 aliphatic carbocycles. The first kappa shape index (κ1) is 9.71. The molecule has 0 aromatic heterocycles. The predicted octanol–water partition coefficient (Wildman–Crippen LogP) is 2.86. The number of Topliss-reactive ketones (excluding diaryl/α,β-unsaturated/α-hetero) is 1. The second-order valence-electron chi connectivity index (χ2n) is 3.73. The van der Waals surface area contributed by atoms with Crippen LogP contribution in [-0.4, -0.2) is 12.3 Å². The first-order valence-corrected chi connectivity index (χ1v) is 5.43. The third kappa shape index (κ3) is 1.46. The van der Waals surface area contributed by atoms with Gasteiger partial charge in [0.25, 0.3) is 0 Å². The quantitative estimate of drug-likeness (QED) is 0.834. The molecule has 1 atom stereocenters. The summed E-state index contributed by atoms with van der Waals surface area (Å²) < 4.78 is 1.05. The third-order valence-electron chi connectivity index (χ3n) is 2.68. The van der Waals surface area contributed by atoms with Crippen LogP contribution >= 0.6 is 15.9 Å². The summed E-state index contributed by atoms with van der Waals surface area (Å²) in [4.78, 5) is 11.4. The van der Waals surface area contributed by atoms with Crippen molar-refractivity contribution in [3.05, 3.63) is 27.7 Å². The van der Waals surface area contributed by atoms with E-state index in [0.717, 1.165) is 22.3 Å². The van der Waals surface area contributed by atoms with E-state index in [2.05, 4.69) is 34.2 Å². The van der Waals surface area contributed by atoms with E-state index < -0.39 is 0 Å². The average Bonchev–Trinajstić information content (AvgIpc) is 2.47. The van der Waals surface area contributed by atoms with Gasteiger partial charge in [0.05, 0.1) is 5.92 Å². The Hall–Kier alpha value is -0.830. The molecule has 1 unspecified atom stereocenters. The Morgan fingerprint density at radius 2 is 2.29 bits per heavy atom. The van der Waals surface area contributed by atoms with Crippen LogP contribution in [0.15, 0.2) is 16.6 Å². The second-order valence-corrected chi connectivity index (χ2v) is 4.65. The predicted molar refractivity (Wildman–Crippen MR) is 60.8 cm³/mol. The van der Waals surface area contributed by atoms with Crippen LogP contribution in [-0.2, 0) is 4.79 Å². The van der Waals surface area contributed by atoms with Crippen LogP contribution in [0.3, 0.4) is 0 Å². The van der Waals surface area contributed by atoms with E-state index in [1.807, 2.05) is 6.07 Å². The van der Waals surface area contributed by atoms with E-state index in [4.69, 9.17) is 0 Å². The minimum atomic E-state index is 0.0289. The summed E-state index contributed by atoms with van der Waals surface area (Å²) in [6.07, 6.45) is 0. The van der Waals surface area contributed by atoms with Gasteiger partial charge in [0.15, 0.2) is 0 Å². The molecule has 2 rings (SSSR count). The zero-order chi connectivity index (χ0) is 10.3. The number of carbonyl (C=O) groups excluding carboxylic acids is 1. The highest BCUT2D eigenvalue weighted by molar-refractivity contribution is 9.10. The van der Waals surface area contributed by atoms with Crippen LogP contribution in [0.5, 0.6) is 0 Å². The summed E-state index contributed by atoms with van der Waals surface area (Å²) in [5, 5.41) is 3.29. The van der Waals surface area contributed by atoms with Crippen LogP contribution in [0.4, 0.5) is 5.69 Å². The molecule has 14 heavy (non-hydrogen) atoms. The summed E-state index contributed by atoms with van der Waals surface area (Å²) >= 11 is 3.45. The molecule has 2 nitrogen and oxygen atoms in total. The highest BCUT2D eigenvalue weighted by Crippen LogP contribution is 2.36. The summed E-state index contributed by atoms with van der Waals surface area (Å²) in [5.41, 5.74) is 3.45. The van der Waals surface area contributed by atoms with Gasteiger partial charge in [0.2, 0.25) is 0 Å². The van der Waals surface area contributed by atoms with Crippen LogP contribution in [0.25, 0.3) is 0 Å². The van der Waals surface area contributed by atoms with Gasteiger partial charge in [-0.05, 0) is 37.1 Å². The second kappa shape index (κ2) is 3.39. The summed E-state index contributed by atoms with van der Waals surface area (Å²) in [6, 6.07) is 4.10. The molecule has 0 spiro atoms. The largest absolute Gasteiger partial charge is 0.384 e. The maximum absolute atomic E-state index is 11.4. The molecule has 0 bridgehead atoms. The fourth-order valence-corrected chi connectivity index (χ4v) is 2.55. The van der Waals surface area contributed by atoms with Gasteiger partial charge in [-0.25, -0.2) is 0 Å². The number of hydrogen-bond acceptors (Lipinski definition) is 2. The third-order valence-corrected chi connectivity index (χ3v) is 3.14. The van der Waals surface area contributed by atoms with Gasteiger partial charge in [-0.3, -0.25) is 4.79 Å². The lowest BCUT2D eigenvalue weighted by atomic mass is 9.96. The van der Waals surface area contributed by atoms with Gasteiger partial charge < -0.3 is 5.32 Å². The van der Waals surface area contributed by atoms with Crippen molar-refractivity contribution in [1.29, 1.82) is 0 Å². The van der Waals surface area contributed by atoms with Crippen molar-refractivity contribution in [2.45, 2.75) is 19.8 Å². The Kier molecular flexibility index (Phi) is 2.35. The fourth-order valence-electron chi connectivity index (χ4n) is 1.96. The molecule has 1 aromatic rings. The van der Waals surface area contributed by atoms with E-state index in [0.29, 0.717) is 0 Å². The van der Waals surface area contributed by atoms with Gasteiger partial charge in [0, 0.05) is 16.7 Å². The molecule has 0 fully saturated rings. The van der Waals surface area contributed by atoms with Gasteiger partial charge in [0.1, 0.15) is 5.78 Å². The van der Waals surface area contributed by atoms with Crippen molar-refractivity contribution in [2.75, 3.05) is 11.9 Å². The molecule has 1 N–H and O–H groups in total. The van der Waals surface area contributed by atoms with Gasteiger partial charge >= 0.3 is 0 Å². The summed E-state index contributed by atoms with van der Waals surface area (Å²) in [5.74, 6) is 0.259. The minimum Gasteiger partial charge on any atom is -0.384 e. The maximum atomic E-state index is 11.4. The maximum Gasteiger partial charge on any atom is 0.139 e. The number of carbonyl (C=O) groups is 1. The van der Waals surface area contributed by atoms with Crippen LogP contribution < -0.4 is 5.32 Å². The van der Waals surface area contributed by atoms with Crippen LogP contribution in [0.2, 0.25) is 0 Å². The SMILES string of the molecule is CC(=O)C1CNc2c(C)cc(Br)cc21. The number of aryl methyl sites for hydroxylation is 1. The van der Waals surface area contributed by atoms with E-state index in [1.165, 1.54) is 5.56 Å². The lowest BCUT2D eigenvalue weighted by molar-refractivity contribution is -0.118. The Balaban J connectivity index is 2.54. The monoisotopic (exact) mass is 253 g/mol. The molecule has 0 radical (unpaired) electrons. The number of halogens is 1. The van der Waals surface area contributed by atoms with Crippen molar-refractivity contribution >= 4 is 27.4 Å². The van der Waals surface area contributed by atoms with E-state index in [1.54, 1.807) is 6.92 Å². The Morgan fingerprint density at radius 3 is 2.93 bits per heavy atom. The molecule has 1 aromatic carbocycles. The first-order valence-electron chi connectivity index (χ1n) is 4.64. The molecule has 1 aliphatic rings. The Labute approximate surface area is 91.8 Å². The zero-order valence-corrected chi connectivity index (χ0v) is 9.81. The first-order chi connectivity index (χ1) is 6.59. The minimum absolute atomic E-state index is 0.0289. The van der Waals surface area contributed by atoms with Gasteiger partial charge in [-0.1, -0.05) is 15.9 Å². The smallest absolute Gasteiger partial charge is 0.139 e. The number of hydrogen-bond donors (Lipinski definition) is 1. The molecule has 1 aliphatic heterocycles. The van der Waals surface area contributed by atoms with E-state index >= 15 is 0 Å². The van der Waals surface area contributed by atoms with Crippen molar-refractivity contribution in [3.8, 4) is 0 Å². The number of rotatable bonds is 1. The fraction of sp³-hybridized carbons (Fsp3) is 0.364. The number of fused-ring (bicyclic) bond motifs is 1. The van der Waals surface area contributed by atoms with Crippen molar-refractivity contribution in [2.24, 2.45) is 0 Å².